The first-order chi connectivity index (χ1) is 10.1. The lowest BCUT2D eigenvalue weighted by molar-refractivity contribution is 0.287. The molecule has 0 aliphatic carbocycles. The van der Waals surface area contributed by atoms with E-state index >= 15 is 0 Å². The Kier molecular flexibility index (Phi) is 5.22. The summed E-state index contributed by atoms with van der Waals surface area (Å²) in [6, 6.07) is 7.81. The first kappa shape index (κ1) is 15.4. The molecule has 5 nitrogen and oxygen atoms in total. The van der Waals surface area contributed by atoms with Gasteiger partial charge in [-0.1, -0.05) is 17.3 Å². The summed E-state index contributed by atoms with van der Waals surface area (Å²) in [7, 11) is 1.64. The average molecular weight is 290 g/mol. The Bertz CT molecular complexity index is 561. The van der Waals surface area contributed by atoms with Gasteiger partial charge in [0, 0.05) is 18.2 Å². The molecule has 0 saturated carbocycles. The summed E-state index contributed by atoms with van der Waals surface area (Å²) in [6.07, 6.45) is 0. The SMILES string of the molecule is COc1ccccc1OCCNC(C)c1c(C)noc1C. The summed E-state index contributed by atoms with van der Waals surface area (Å²) in [6.45, 7) is 7.27. The molecule has 0 fully saturated rings. The van der Waals surface area contributed by atoms with E-state index in [9.17, 15) is 0 Å². The van der Waals surface area contributed by atoms with Crippen LogP contribution in [0.5, 0.6) is 11.5 Å². The molecule has 1 N–H and O–H groups in total. The van der Waals surface area contributed by atoms with Crippen LogP contribution in [0.15, 0.2) is 28.8 Å². The first-order valence-corrected chi connectivity index (χ1v) is 7.05. The van der Waals surface area contributed by atoms with Crippen LogP contribution in [-0.2, 0) is 0 Å². The highest BCUT2D eigenvalue weighted by Crippen LogP contribution is 2.25. The van der Waals surface area contributed by atoms with Crippen LogP contribution >= 0.6 is 0 Å². The van der Waals surface area contributed by atoms with E-state index in [0.29, 0.717) is 6.61 Å². The predicted octanol–water partition coefficient (Wildman–Crippen LogP) is 3.03. The van der Waals surface area contributed by atoms with Gasteiger partial charge in [-0.25, -0.2) is 0 Å². The number of ether oxygens (including phenoxy) is 2. The lowest BCUT2D eigenvalue weighted by atomic mass is 10.1. The minimum atomic E-state index is 0.178. The van der Waals surface area contributed by atoms with E-state index in [2.05, 4.69) is 17.4 Å². The third-order valence-corrected chi connectivity index (χ3v) is 3.40. The lowest BCUT2D eigenvalue weighted by Crippen LogP contribution is -2.25. The van der Waals surface area contributed by atoms with Crippen molar-refractivity contribution >= 4 is 0 Å². The molecule has 21 heavy (non-hydrogen) atoms. The van der Waals surface area contributed by atoms with Crippen molar-refractivity contribution in [2.45, 2.75) is 26.8 Å². The van der Waals surface area contributed by atoms with Crippen molar-refractivity contribution in [2.24, 2.45) is 0 Å². The van der Waals surface area contributed by atoms with Crippen molar-refractivity contribution < 1.29 is 14.0 Å². The van der Waals surface area contributed by atoms with E-state index in [-0.39, 0.29) is 6.04 Å². The van der Waals surface area contributed by atoms with Gasteiger partial charge in [-0.2, -0.15) is 0 Å². The number of rotatable bonds is 7. The van der Waals surface area contributed by atoms with Crippen molar-refractivity contribution in [3.63, 3.8) is 0 Å². The van der Waals surface area contributed by atoms with Gasteiger partial charge in [-0.05, 0) is 32.9 Å². The van der Waals surface area contributed by atoms with E-state index < -0.39 is 0 Å². The molecule has 1 aromatic carbocycles. The molecule has 0 aliphatic heterocycles. The van der Waals surface area contributed by atoms with Crippen LogP contribution in [0.2, 0.25) is 0 Å². The number of aryl methyl sites for hydroxylation is 2. The molecule has 1 unspecified atom stereocenters. The minimum absolute atomic E-state index is 0.178. The maximum Gasteiger partial charge on any atom is 0.161 e. The second kappa shape index (κ2) is 7.13. The van der Waals surface area contributed by atoms with Crippen LogP contribution in [0.3, 0.4) is 0 Å². The number of methoxy groups -OCH3 is 1. The summed E-state index contributed by atoms with van der Waals surface area (Å²) in [5, 5.41) is 7.38. The smallest absolute Gasteiger partial charge is 0.161 e. The van der Waals surface area contributed by atoms with Crippen molar-refractivity contribution in [3.05, 3.63) is 41.3 Å². The molecule has 5 heteroatoms. The van der Waals surface area contributed by atoms with E-state index in [1.54, 1.807) is 7.11 Å². The molecule has 114 valence electrons. The topological polar surface area (TPSA) is 56.5 Å². The van der Waals surface area contributed by atoms with Crippen molar-refractivity contribution in [3.8, 4) is 11.5 Å². The average Bonchev–Trinajstić information content (AvgIpc) is 2.83. The highest BCUT2D eigenvalue weighted by atomic mass is 16.5. The van der Waals surface area contributed by atoms with Gasteiger partial charge in [0.2, 0.25) is 0 Å². The number of para-hydroxylation sites is 2. The molecule has 2 rings (SSSR count). The summed E-state index contributed by atoms with van der Waals surface area (Å²) in [5.41, 5.74) is 2.05. The summed E-state index contributed by atoms with van der Waals surface area (Å²) < 4.78 is 16.2. The van der Waals surface area contributed by atoms with Crippen molar-refractivity contribution in [2.75, 3.05) is 20.3 Å². The largest absolute Gasteiger partial charge is 0.493 e. The van der Waals surface area contributed by atoms with Gasteiger partial charge in [0.25, 0.3) is 0 Å². The number of nitrogens with zero attached hydrogens (tertiary/aromatic N) is 1. The quantitative estimate of drug-likeness (QED) is 0.794. The van der Waals surface area contributed by atoms with Gasteiger partial charge in [0.1, 0.15) is 12.4 Å². The van der Waals surface area contributed by atoms with Gasteiger partial charge in [0.05, 0.1) is 12.8 Å². The minimum Gasteiger partial charge on any atom is -0.493 e. The normalized spacial score (nSPS) is 12.2. The Morgan fingerprint density at radius 3 is 2.57 bits per heavy atom. The highest BCUT2D eigenvalue weighted by Gasteiger charge is 2.15. The predicted molar refractivity (Wildman–Crippen MR) is 80.9 cm³/mol. The van der Waals surface area contributed by atoms with E-state index in [1.807, 2.05) is 38.1 Å². The summed E-state index contributed by atoms with van der Waals surface area (Å²) in [4.78, 5) is 0. The Morgan fingerprint density at radius 2 is 1.95 bits per heavy atom. The van der Waals surface area contributed by atoms with Crippen LogP contribution < -0.4 is 14.8 Å². The molecular formula is C16H22N2O3. The molecule has 0 bridgehead atoms. The molecule has 1 aromatic heterocycles. The first-order valence-electron chi connectivity index (χ1n) is 7.05. The fourth-order valence-corrected chi connectivity index (χ4v) is 2.38. The number of aromatic nitrogens is 1. The third kappa shape index (κ3) is 3.76. The van der Waals surface area contributed by atoms with Crippen LogP contribution in [0.1, 0.15) is 30.0 Å². The van der Waals surface area contributed by atoms with Gasteiger partial charge in [-0.15, -0.1) is 0 Å². The Balaban J connectivity index is 1.82. The zero-order valence-electron chi connectivity index (χ0n) is 13.0. The maximum absolute atomic E-state index is 5.73. The Morgan fingerprint density at radius 1 is 1.24 bits per heavy atom. The Labute approximate surface area is 125 Å². The second-order valence-electron chi connectivity index (χ2n) is 4.91. The van der Waals surface area contributed by atoms with Gasteiger partial charge < -0.3 is 19.3 Å². The zero-order valence-corrected chi connectivity index (χ0v) is 13.0. The molecule has 2 aromatic rings. The molecular weight excluding hydrogens is 268 g/mol. The number of benzene rings is 1. The van der Waals surface area contributed by atoms with Gasteiger partial charge in [-0.3, -0.25) is 0 Å². The lowest BCUT2D eigenvalue weighted by Gasteiger charge is -2.15. The van der Waals surface area contributed by atoms with Crippen LogP contribution in [0, 0.1) is 13.8 Å². The van der Waals surface area contributed by atoms with Crippen molar-refractivity contribution in [1.82, 2.24) is 10.5 Å². The van der Waals surface area contributed by atoms with Crippen LogP contribution in [0.25, 0.3) is 0 Å². The van der Waals surface area contributed by atoms with Crippen LogP contribution in [-0.4, -0.2) is 25.4 Å². The van der Waals surface area contributed by atoms with E-state index in [4.69, 9.17) is 14.0 Å². The molecule has 0 spiro atoms. The molecule has 0 aliphatic rings. The van der Waals surface area contributed by atoms with Crippen molar-refractivity contribution in [1.29, 1.82) is 0 Å². The standard InChI is InChI=1S/C16H22N2O3/c1-11(16-12(2)18-21-13(16)3)17-9-10-20-15-8-6-5-7-14(15)19-4/h5-8,11,17H,9-10H2,1-4H3. The molecule has 1 heterocycles. The van der Waals surface area contributed by atoms with Gasteiger partial charge >= 0.3 is 0 Å². The van der Waals surface area contributed by atoms with E-state index in [0.717, 1.165) is 35.1 Å². The van der Waals surface area contributed by atoms with E-state index in [1.165, 1.54) is 0 Å². The molecule has 1 atom stereocenters. The number of hydrogen-bond acceptors (Lipinski definition) is 5. The zero-order chi connectivity index (χ0) is 15.2. The summed E-state index contributed by atoms with van der Waals surface area (Å²) >= 11 is 0. The highest BCUT2D eigenvalue weighted by molar-refractivity contribution is 5.39. The molecule has 0 amide bonds. The molecule has 0 radical (unpaired) electrons. The Hall–Kier alpha value is -2.01. The number of nitrogens with one attached hydrogen (secondary N) is 1. The maximum atomic E-state index is 5.73. The van der Waals surface area contributed by atoms with Gasteiger partial charge in [0.15, 0.2) is 11.5 Å². The second-order valence-corrected chi connectivity index (χ2v) is 4.91. The fraction of sp³-hybridized carbons (Fsp3) is 0.438. The van der Waals surface area contributed by atoms with Crippen LogP contribution in [0.4, 0.5) is 0 Å². The fourth-order valence-electron chi connectivity index (χ4n) is 2.38. The molecule has 0 saturated heterocycles. The summed E-state index contributed by atoms with van der Waals surface area (Å²) in [5.74, 6) is 2.36. The number of hydrogen-bond donors (Lipinski definition) is 1. The third-order valence-electron chi connectivity index (χ3n) is 3.40. The monoisotopic (exact) mass is 290 g/mol.